The van der Waals surface area contributed by atoms with Gasteiger partial charge in [-0.2, -0.15) is 0 Å². The molecule has 4 nitrogen and oxygen atoms in total. The molecule has 0 spiro atoms. The third-order valence-corrected chi connectivity index (χ3v) is 3.72. The average molecular weight is 267 g/mol. The van der Waals surface area contributed by atoms with Crippen LogP contribution in [0.4, 0.5) is 4.39 Å². The van der Waals surface area contributed by atoms with Crippen molar-refractivity contribution < 1.29 is 19.0 Å². The number of ether oxygens (including phenoxy) is 1. The highest BCUT2D eigenvalue weighted by molar-refractivity contribution is 5.80. The molecular weight excluding hydrogens is 249 g/mol. The first-order valence-corrected chi connectivity index (χ1v) is 6.22. The number of benzene rings is 1. The van der Waals surface area contributed by atoms with E-state index in [1.807, 2.05) is 0 Å². The van der Waals surface area contributed by atoms with Crippen LogP contribution in [0.1, 0.15) is 24.9 Å². The first-order chi connectivity index (χ1) is 9.00. The smallest absolute Gasteiger partial charge is 0.325 e. The summed E-state index contributed by atoms with van der Waals surface area (Å²) >= 11 is 0. The van der Waals surface area contributed by atoms with Crippen LogP contribution in [0.15, 0.2) is 24.3 Å². The zero-order valence-corrected chi connectivity index (χ0v) is 11.0. The molecule has 1 heterocycles. The molecular formula is C14H18FNO3. The van der Waals surface area contributed by atoms with E-state index >= 15 is 0 Å². The number of aliphatic hydroxyl groups excluding tert-OH is 1. The topological polar surface area (TPSA) is 58.6 Å². The van der Waals surface area contributed by atoms with Gasteiger partial charge in [-0.15, -0.1) is 0 Å². The summed E-state index contributed by atoms with van der Waals surface area (Å²) in [5.74, 6) is -0.761. The lowest BCUT2D eigenvalue weighted by Crippen LogP contribution is -2.45. The summed E-state index contributed by atoms with van der Waals surface area (Å²) < 4.78 is 17.7. The molecule has 1 fully saturated rings. The SMILES string of the molecule is COC(=O)[C@]1(C)C[C@@H](CO)[C@@H](c2ccc(F)cc2)N1. The fourth-order valence-electron chi connectivity index (χ4n) is 2.73. The highest BCUT2D eigenvalue weighted by Gasteiger charge is 2.47. The molecule has 1 aliphatic rings. The lowest BCUT2D eigenvalue weighted by Gasteiger charge is -2.22. The predicted molar refractivity (Wildman–Crippen MR) is 67.9 cm³/mol. The van der Waals surface area contributed by atoms with Gasteiger partial charge in [0.2, 0.25) is 0 Å². The summed E-state index contributed by atoms with van der Waals surface area (Å²) in [6.45, 7) is 1.71. The number of carbonyl (C=O) groups excluding carboxylic acids is 1. The van der Waals surface area contributed by atoms with Gasteiger partial charge >= 0.3 is 5.97 Å². The van der Waals surface area contributed by atoms with Gasteiger partial charge in [-0.25, -0.2) is 4.39 Å². The maximum atomic E-state index is 12.9. The minimum atomic E-state index is -0.818. The Kier molecular flexibility index (Phi) is 3.87. The summed E-state index contributed by atoms with van der Waals surface area (Å²) in [6.07, 6.45) is 0.484. The van der Waals surface area contributed by atoms with Crippen molar-refractivity contribution >= 4 is 5.97 Å². The monoisotopic (exact) mass is 267 g/mol. The number of halogens is 1. The van der Waals surface area contributed by atoms with Gasteiger partial charge in [0.1, 0.15) is 11.4 Å². The molecule has 2 N–H and O–H groups in total. The van der Waals surface area contributed by atoms with Crippen LogP contribution in [0.3, 0.4) is 0 Å². The molecule has 5 heteroatoms. The second-order valence-electron chi connectivity index (χ2n) is 5.14. The van der Waals surface area contributed by atoms with Crippen LogP contribution in [0.5, 0.6) is 0 Å². The minimum absolute atomic E-state index is 0.0401. The molecule has 2 rings (SSSR count). The number of hydrogen-bond acceptors (Lipinski definition) is 4. The van der Waals surface area contributed by atoms with E-state index in [1.165, 1.54) is 19.2 Å². The normalized spacial score (nSPS) is 30.3. The lowest BCUT2D eigenvalue weighted by atomic mass is 9.91. The van der Waals surface area contributed by atoms with Crippen LogP contribution < -0.4 is 5.32 Å². The molecule has 0 unspecified atom stereocenters. The van der Waals surface area contributed by atoms with E-state index in [1.54, 1.807) is 19.1 Å². The van der Waals surface area contributed by atoms with Crippen molar-refractivity contribution in [3.8, 4) is 0 Å². The van der Waals surface area contributed by atoms with Crippen LogP contribution in [-0.4, -0.2) is 30.3 Å². The first-order valence-electron chi connectivity index (χ1n) is 6.22. The van der Waals surface area contributed by atoms with Crippen LogP contribution in [0.2, 0.25) is 0 Å². The van der Waals surface area contributed by atoms with Gasteiger partial charge in [0.25, 0.3) is 0 Å². The number of hydrogen-bond donors (Lipinski definition) is 2. The van der Waals surface area contributed by atoms with Crippen molar-refractivity contribution in [3.05, 3.63) is 35.6 Å². The van der Waals surface area contributed by atoms with Crippen molar-refractivity contribution in [2.75, 3.05) is 13.7 Å². The van der Waals surface area contributed by atoms with Crippen LogP contribution in [0, 0.1) is 11.7 Å². The summed E-state index contributed by atoms with van der Waals surface area (Å²) in [5, 5.41) is 12.7. The number of esters is 1. The predicted octanol–water partition coefficient (Wildman–Crippen LogP) is 1.40. The van der Waals surface area contributed by atoms with Crippen LogP contribution >= 0.6 is 0 Å². The molecule has 3 atom stereocenters. The molecule has 0 aliphatic carbocycles. The van der Waals surface area contributed by atoms with Gasteiger partial charge in [0.05, 0.1) is 7.11 Å². The van der Waals surface area contributed by atoms with E-state index in [-0.39, 0.29) is 30.4 Å². The highest BCUT2D eigenvalue weighted by Crippen LogP contribution is 2.38. The number of carbonyl (C=O) groups is 1. The number of methoxy groups -OCH3 is 1. The fourth-order valence-corrected chi connectivity index (χ4v) is 2.73. The van der Waals surface area contributed by atoms with Gasteiger partial charge in [-0.3, -0.25) is 10.1 Å². The Bertz CT molecular complexity index is 462. The number of aliphatic hydroxyl groups is 1. The molecule has 1 aromatic carbocycles. The molecule has 0 radical (unpaired) electrons. The highest BCUT2D eigenvalue weighted by atomic mass is 19.1. The maximum absolute atomic E-state index is 12.9. The molecule has 0 aromatic heterocycles. The van der Waals surface area contributed by atoms with E-state index in [4.69, 9.17) is 4.74 Å². The van der Waals surface area contributed by atoms with Crippen molar-refractivity contribution in [3.63, 3.8) is 0 Å². The third-order valence-electron chi connectivity index (χ3n) is 3.72. The summed E-state index contributed by atoms with van der Waals surface area (Å²) in [4.78, 5) is 11.8. The molecule has 19 heavy (non-hydrogen) atoms. The van der Waals surface area contributed by atoms with E-state index in [2.05, 4.69) is 5.32 Å². The lowest BCUT2D eigenvalue weighted by molar-refractivity contribution is -0.147. The van der Waals surface area contributed by atoms with Crippen molar-refractivity contribution in [2.45, 2.75) is 24.9 Å². The molecule has 104 valence electrons. The van der Waals surface area contributed by atoms with Crippen LogP contribution in [0.25, 0.3) is 0 Å². The Morgan fingerprint density at radius 1 is 1.53 bits per heavy atom. The summed E-state index contributed by atoms with van der Waals surface area (Å²) in [7, 11) is 1.34. The summed E-state index contributed by atoms with van der Waals surface area (Å²) in [5.41, 5.74) is 0.0364. The molecule has 1 saturated heterocycles. The average Bonchev–Trinajstić information content (AvgIpc) is 2.77. The first kappa shape index (κ1) is 14.0. The van der Waals surface area contributed by atoms with E-state index in [0.29, 0.717) is 6.42 Å². The van der Waals surface area contributed by atoms with Gasteiger partial charge in [0.15, 0.2) is 0 Å². The molecule has 1 aliphatic heterocycles. The quantitative estimate of drug-likeness (QED) is 0.813. The Hall–Kier alpha value is -1.46. The van der Waals surface area contributed by atoms with Gasteiger partial charge in [0, 0.05) is 18.6 Å². The molecule has 0 bridgehead atoms. The van der Waals surface area contributed by atoms with Crippen molar-refractivity contribution in [2.24, 2.45) is 5.92 Å². The van der Waals surface area contributed by atoms with Gasteiger partial charge in [-0.05, 0) is 31.0 Å². The van der Waals surface area contributed by atoms with E-state index < -0.39 is 5.54 Å². The standard InChI is InChI=1S/C14H18FNO3/c1-14(13(18)19-2)7-10(8-17)12(16-14)9-3-5-11(15)6-4-9/h3-6,10,12,16-17H,7-8H2,1-2H3/t10-,12+,14-/m0/s1. The molecule has 0 saturated carbocycles. The third kappa shape index (κ3) is 2.62. The zero-order valence-electron chi connectivity index (χ0n) is 11.0. The fraction of sp³-hybridized carbons (Fsp3) is 0.500. The zero-order chi connectivity index (χ0) is 14.0. The Balaban J connectivity index is 2.25. The number of rotatable bonds is 3. The van der Waals surface area contributed by atoms with Crippen molar-refractivity contribution in [1.29, 1.82) is 0 Å². The Morgan fingerprint density at radius 3 is 2.68 bits per heavy atom. The number of nitrogens with one attached hydrogen (secondary N) is 1. The second-order valence-corrected chi connectivity index (χ2v) is 5.14. The Labute approximate surface area is 111 Å². The Morgan fingerprint density at radius 2 is 2.16 bits per heavy atom. The molecule has 0 amide bonds. The van der Waals surface area contributed by atoms with E-state index in [0.717, 1.165) is 5.56 Å². The maximum Gasteiger partial charge on any atom is 0.325 e. The minimum Gasteiger partial charge on any atom is -0.468 e. The van der Waals surface area contributed by atoms with Crippen molar-refractivity contribution in [1.82, 2.24) is 5.32 Å². The van der Waals surface area contributed by atoms with Gasteiger partial charge in [-0.1, -0.05) is 12.1 Å². The van der Waals surface area contributed by atoms with E-state index in [9.17, 15) is 14.3 Å². The largest absolute Gasteiger partial charge is 0.468 e. The summed E-state index contributed by atoms with van der Waals surface area (Å²) in [6, 6.07) is 5.89. The van der Waals surface area contributed by atoms with Crippen LogP contribution in [-0.2, 0) is 9.53 Å². The second kappa shape index (κ2) is 5.27. The van der Waals surface area contributed by atoms with Gasteiger partial charge < -0.3 is 9.84 Å². The molecule has 1 aromatic rings.